The molecule has 0 aromatic rings. The molecule has 21 heavy (non-hydrogen) atoms. The molecule has 1 rings (SSSR count). The highest BCUT2D eigenvalue weighted by Crippen LogP contribution is 2.12. The van der Waals surface area contributed by atoms with Crippen LogP contribution in [0.25, 0.3) is 0 Å². The van der Waals surface area contributed by atoms with Crippen molar-refractivity contribution in [2.75, 3.05) is 19.8 Å². The molecular formula is C16H28O5. The fourth-order valence-electron chi connectivity index (χ4n) is 2.20. The van der Waals surface area contributed by atoms with E-state index in [1.54, 1.807) is 0 Å². The van der Waals surface area contributed by atoms with Crippen LogP contribution in [-0.4, -0.2) is 37.9 Å². The number of hydrogen-bond donors (Lipinski definition) is 0. The molecule has 1 aliphatic rings. The lowest BCUT2D eigenvalue weighted by molar-refractivity contribution is -0.152. The number of ether oxygens (including phenoxy) is 3. The first-order valence-corrected chi connectivity index (χ1v) is 8.15. The average molecular weight is 300 g/mol. The number of carbonyl (C=O) groups is 2. The first-order chi connectivity index (χ1) is 10.2. The molecule has 0 amide bonds. The van der Waals surface area contributed by atoms with Gasteiger partial charge in [0, 0.05) is 6.61 Å². The zero-order valence-corrected chi connectivity index (χ0v) is 13.1. The van der Waals surface area contributed by atoms with Crippen molar-refractivity contribution in [2.24, 2.45) is 0 Å². The number of esters is 2. The van der Waals surface area contributed by atoms with Gasteiger partial charge in [-0.1, -0.05) is 32.6 Å². The Labute approximate surface area is 127 Å². The van der Waals surface area contributed by atoms with Gasteiger partial charge in [-0.25, -0.2) is 0 Å². The molecule has 0 radical (unpaired) electrons. The van der Waals surface area contributed by atoms with Gasteiger partial charge < -0.3 is 14.2 Å². The molecule has 1 aliphatic heterocycles. The lowest BCUT2D eigenvalue weighted by atomic mass is 10.2. The summed E-state index contributed by atoms with van der Waals surface area (Å²) < 4.78 is 15.5. The summed E-state index contributed by atoms with van der Waals surface area (Å²) in [5, 5.41) is 0. The Hall–Kier alpha value is -1.10. The van der Waals surface area contributed by atoms with Gasteiger partial charge in [0.1, 0.15) is 6.61 Å². The smallest absolute Gasteiger partial charge is 0.306 e. The Bertz CT molecular complexity index is 297. The molecule has 122 valence electrons. The lowest BCUT2D eigenvalue weighted by Gasteiger charge is -2.10. The molecule has 1 unspecified atom stereocenters. The summed E-state index contributed by atoms with van der Waals surface area (Å²) in [5.41, 5.74) is 0. The van der Waals surface area contributed by atoms with Crippen LogP contribution < -0.4 is 0 Å². The Kier molecular flexibility index (Phi) is 9.87. The number of hydrogen-bond acceptors (Lipinski definition) is 5. The van der Waals surface area contributed by atoms with E-state index in [0.717, 1.165) is 32.3 Å². The number of carbonyl (C=O) groups excluding carboxylic acids is 2. The Morgan fingerprint density at radius 3 is 2.43 bits per heavy atom. The highest BCUT2D eigenvalue weighted by molar-refractivity contribution is 5.77. The van der Waals surface area contributed by atoms with Gasteiger partial charge in [0.25, 0.3) is 0 Å². The molecule has 0 aliphatic carbocycles. The molecule has 1 heterocycles. The van der Waals surface area contributed by atoms with Gasteiger partial charge in [-0.2, -0.15) is 0 Å². The van der Waals surface area contributed by atoms with Gasteiger partial charge in [0.2, 0.25) is 0 Å². The first-order valence-electron chi connectivity index (χ1n) is 8.15. The number of rotatable bonds is 11. The summed E-state index contributed by atoms with van der Waals surface area (Å²) in [7, 11) is 0. The van der Waals surface area contributed by atoms with Gasteiger partial charge >= 0.3 is 11.9 Å². The highest BCUT2D eigenvalue weighted by atomic mass is 16.6. The maximum absolute atomic E-state index is 11.5. The van der Waals surface area contributed by atoms with Crippen molar-refractivity contribution in [3.63, 3.8) is 0 Å². The van der Waals surface area contributed by atoms with Gasteiger partial charge in [-0.3, -0.25) is 9.59 Å². The van der Waals surface area contributed by atoms with Crippen LogP contribution in [0.4, 0.5) is 0 Å². The third-order valence-corrected chi connectivity index (χ3v) is 3.50. The van der Waals surface area contributed by atoms with Gasteiger partial charge in [0.05, 0.1) is 25.6 Å². The van der Waals surface area contributed by atoms with Gasteiger partial charge in [0.15, 0.2) is 0 Å². The minimum atomic E-state index is -0.356. The molecule has 5 heteroatoms. The van der Waals surface area contributed by atoms with Gasteiger partial charge in [-0.15, -0.1) is 0 Å². The molecule has 1 fully saturated rings. The van der Waals surface area contributed by atoms with Crippen LogP contribution in [0.2, 0.25) is 0 Å². The van der Waals surface area contributed by atoms with E-state index in [0.29, 0.717) is 13.2 Å². The molecule has 0 aromatic heterocycles. The largest absolute Gasteiger partial charge is 0.466 e. The van der Waals surface area contributed by atoms with E-state index in [9.17, 15) is 9.59 Å². The van der Waals surface area contributed by atoms with Crippen LogP contribution in [0, 0.1) is 0 Å². The quantitative estimate of drug-likeness (QED) is 0.433. The minimum Gasteiger partial charge on any atom is -0.466 e. The van der Waals surface area contributed by atoms with Crippen LogP contribution in [0.3, 0.4) is 0 Å². The summed E-state index contributed by atoms with van der Waals surface area (Å²) in [5.74, 6) is -0.676. The maximum Gasteiger partial charge on any atom is 0.306 e. The van der Waals surface area contributed by atoms with Crippen molar-refractivity contribution in [1.29, 1.82) is 0 Å². The zero-order chi connectivity index (χ0) is 15.3. The molecule has 0 aromatic carbocycles. The van der Waals surface area contributed by atoms with E-state index in [-0.39, 0.29) is 30.9 Å². The van der Waals surface area contributed by atoms with E-state index in [1.165, 1.54) is 19.3 Å². The molecule has 0 spiro atoms. The minimum absolute atomic E-state index is 0.0315. The van der Waals surface area contributed by atoms with Crippen molar-refractivity contribution >= 4 is 11.9 Å². The SMILES string of the molecule is CCCCCCCOC(=O)CCC(=O)OCC1CCCO1. The molecule has 0 saturated carbocycles. The zero-order valence-electron chi connectivity index (χ0n) is 13.1. The van der Waals surface area contributed by atoms with Crippen molar-refractivity contribution in [3.8, 4) is 0 Å². The van der Waals surface area contributed by atoms with Crippen LogP contribution in [0.1, 0.15) is 64.7 Å². The molecule has 1 saturated heterocycles. The van der Waals surface area contributed by atoms with Gasteiger partial charge in [-0.05, 0) is 19.3 Å². The summed E-state index contributed by atoms with van der Waals surface area (Å²) in [6, 6.07) is 0. The van der Waals surface area contributed by atoms with E-state index >= 15 is 0 Å². The van der Waals surface area contributed by atoms with E-state index in [1.807, 2.05) is 0 Å². The fraction of sp³-hybridized carbons (Fsp3) is 0.875. The second-order valence-electron chi connectivity index (χ2n) is 5.45. The first kappa shape index (κ1) is 18.0. The Balaban J connectivity index is 1.92. The summed E-state index contributed by atoms with van der Waals surface area (Å²) >= 11 is 0. The Morgan fingerprint density at radius 1 is 1.05 bits per heavy atom. The molecule has 5 nitrogen and oxygen atoms in total. The second-order valence-corrected chi connectivity index (χ2v) is 5.45. The van der Waals surface area contributed by atoms with Crippen molar-refractivity contribution in [1.82, 2.24) is 0 Å². The standard InChI is InChI=1S/C16H28O5/c1-2-3-4-5-6-11-20-15(17)9-10-16(18)21-13-14-8-7-12-19-14/h14H,2-13H2,1H3. The fourth-order valence-corrected chi connectivity index (χ4v) is 2.20. The molecule has 1 atom stereocenters. The summed E-state index contributed by atoms with van der Waals surface area (Å²) in [6.45, 7) is 3.66. The summed E-state index contributed by atoms with van der Waals surface area (Å²) in [4.78, 5) is 22.9. The topological polar surface area (TPSA) is 61.8 Å². The van der Waals surface area contributed by atoms with Crippen LogP contribution >= 0.6 is 0 Å². The van der Waals surface area contributed by atoms with E-state index in [4.69, 9.17) is 14.2 Å². The molecule has 0 bridgehead atoms. The van der Waals surface area contributed by atoms with Crippen molar-refractivity contribution in [3.05, 3.63) is 0 Å². The van der Waals surface area contributed by atoms with E-state index < -0.39 is 0 Å². The van der Waals surface area contributed by atoms with Crippen molar-refractivity contribution < 1.29 is 23.8 Å². The van der Waals surface area contributed by atoms with Crippen LogP contribution in [0.15, 0.2) is 0 Å². The third kappa shape index (κ3) is 9.45. The van der Waals surface area contributed by atoms with Crippen molar-refractivity contribution in [2.45, 2.75) is 70.8 Å². The number of unbranched alkanes of at least 4 members (excludes halogenated alkanes) is 4. The molecular weight excluding hydrogens is 272 g/mol. The lowest BCUT2D eigenvalue weighted by Crippen LogP contribution is -2.18. The molecule has 0 N–H and O–H groups in total. The third-order valence-electron chi connectivity index (χ3n) is 3.50. The average Bonchev–Trinajstić information content (AvgIpc) is 3.00. The van der Waals surface area contributed by atoms with E-state index in [2.05, 4.69) is 6.92 Å². The predicted molar refractivity (Wildman–Crippen MR) is 78.9 cm³/mol. The predicted octanol–water partition coefficient (Wildman–Crippen LogP) is 3.00. The van der Waals surface area contributed by atoms with Crippen LogP contribution in [-0.2, 0) is 23.8 Å². The Morgan fingerprint density at radius 2 is 1.76 bits per heavy atom. The van der Waals surface area contributed by atoms with Crippen LogP contribution in [0.5, 0.6) is 0 Å². The summed E-state index contributed by atoms with van der Waals surface area (Å²) in [6.07, 6.45) is 7.77. The maximum atomic E-state index is 11.5. The normalized spacial score (nSPS) is 17.7. The monoisotopic (exact) mass is 300 g/mol. The highest BCUT2D eigenvalue weighted by Gasteiger charge is 2.17. The second kappa shape index (κ2) is 11.5.